The van der Waals surface area contributed by atoms with E-state index in [-0.39, 0.29) is 24.9 Å². The van der Waals surface area contributed by atoms with Gasteiger partial charge >= 0.3 is 12.4 Å². The number of aromatic nitrogens is 1. The number of nitrogens with zero attached hydrogens (tertiary/aromatic N) is 3. The van der Waals surface area contributed by atoms with E-state index in [1.54, 1.807) is 35.2 Å². The van der Waals surface area contributed by atoms with E-state index >= 15 is 0 Å². The van der Waals surface area contributed by atoms with E-state index in [1.165, 1.54) is 27.1 Å². The molecule has 4 rings (SSSR count). The lowest BCUT2D eigenvalue weighted by Gasteiger charge is -2.33. The zero-order valence-electron chi connectivity index (χ0n) is 22.1. The maximum Gasteiger partial charge on any atom is 0.416 e. The van der Waals surface area contributed by atoms with Crippen LogP contribution in [0.3, 0.4) is 0 Å². The number of aliphatic hydroxyl groups is 1. The van der Waals surface area contributed by atoms with Gasteiger partial charge in [-0.3, -0.25) is 4.79 Å². The lowest BCUT2D eigenvalue weighted by atomic mass is 9.81. The van der Waals surface area contributed by atoms with Crippen molar-refractivity contribution < 1.29 is 41.0 Å². The number of halogens is 7. The number of alkyl halides is 6. The van der Waals surface area contributed by atoms with Crippen LogP contribution < -0.4 is 9.80 Å². The third-order valence-corrected chi connectivity index (χ3v) is 7.24. The number of amides is 1. The third kappa shape index (κ3) is 6.44. The quantitative estimate of drug-likeness (QED) is 0.337. The second kappa shape index (κ2) is 11.1. The molecule has 0 aliphatic carbocycles. The molecule has 1 atom stereocenters. The summed E-state index contributed by atoms with van der Waals surface area (Å²) in [5.41, 5.74) is -4.13. The molecule has 1 aliphatic heterocycles. The van der Waals surface area contributed by atoms with Gasteiger partial charge in [0.1, 0.15) is 5.82 Å². The number of hydrogen-bond acceptors (Lipinski definition) is 5. The van der Waals surface area contributed by atoms with Gasteiger partial charge in [0.15, 0.2) is 6.29 Å². The first kappa shape index (κ1) is 30.6. The molecule has 6 nitrogen and oxygen atoms in total. The van der Waals surface area contributed by atoms with Crippen molar-refractivity contribution >= 4 is 29.0 Å². The van der Waals surface area contributed by atoms with Gasteiger partial charge in [0.2, 0.25) is 5.91 Å². The summed E-state index contributed by atoms with van der Waals surface area (Å²) in [5.74, 6) is -0.339. The van der Waals surface area contributed by atoms with Gasteiger partial charge in [0.05, 0.1) is 41.6 Å². The summed E-state index contributed by atoms with van der Waals surface area (Å²) in [4.78, 5) is 21.2. The smallest absolute Gasteiger partial charge is 0.366 e. The number of benzene rings is 2. The van der Waals surface area contributed by atoms with E-state index < -0.39 is 46.7 Å². The molecule has 3 aromatic rings. The Balaban J connectivity index is 1.80. The molecule has 1 aliphatic rings. The molecule has 1 fully saturated rings. The SMILES string of the molecule is CN(C(=O)C(C)(C)c1cc(C(F)(F)F)cc(C(F)(F)F)c1)c1cnc(N2CCOC(O)C2)cc1-c1ccccc1Cl. The molecule has 2 heterocycles. The van der Waals surface area contributed by atoms with Crippen LogP contribution in [0.2, 0.25) is 5.02 Å². The van der Waals surface area contributed by atoms with Crippen LogP contribution in [0.4, 0.5) is 37.8 Å². The molecule has 13 heteroatoms. The van der Waals surface area contributed by atoms with Crippen LogP contribution in [0.25, 0.3) is 11.1 Å². The highest BCUT2D eigenvalue weighted by Gasteiger charge is 2.41. The second-order valence-corrected chi connectivity index (χ2v) is 10.5. The molecule has 1 saturated heterocycles. The third-order valence-electron chi connectivity index (χ3n) is 6.91. The Kier molecular flexibility index (Phi) is 8.32. The first-order valence-electron chi connectivity index (χ1n) is 12.4. The van der Waals surface area contributed by atoms with Crippen molar-refractivity contribution in [2.75, 3.05) is 36.5 Å². The van der Waals surface area contributed by atoms with Crippen molar-refractivity contribution in [3.05, 3.63) is 76.4 Å². The standard InChI is InChI=1S/C28H26ClF6N3O3/c1-26(2,16-10-17(27(30,31)32)12-18(11-16)28(33,34)35)25(40)37(3)22-14-36-23(38-8-9-41-24(39)15-38)13-20(22)19-6-4-5-7-21(19)29/h4-7,10-14,24,39H,8-9,15H2,1-3H3. The Morgan fingerprint density at radius 2 is 1.59 bits per heavy atom. The number of carbonyl (C=O) groups excluding carboxylic acids is 1. The summed E-state index contributed by atoms with van der Waals surface area (Å²) in [6.45, 7) is 3.31. The van der Waals surface area contributed by atoms with Gasteiger partial charge in [0, 0.05) is 29.7 Å². The monoisotopic (exact) mass is 601 g/mol. The van der Waals surface area contributed by atoms with Gasteiger partial charge in [-0.05, 0) is 49.7 Å². The van der Waals surface area contributed by atoms with E-state index in [1.807, 2.05) is 0 Å². The predicted octanol–water partition coefficient (Wildman–Crippen LogP) is 6.54. The highest BCUT2D eigenvalue weighted by Crippen LogP contribution is 2.41. The Labute approximate surface area is 237 Å². The number of ether oxygens (including phenoxy) is 1. The predicted molar refractivity (Wildman–Crippen MR) is 142 cm³/mol. The van der Waals surface area contributed by atoms with Gasteiger partial charge in [-0.1, -0.05) is 29.8 Å². The number of hydrogen-bond donors (Lipinski definition) is 1. The van der Waals surface area contributed by atoms with Gasteiger partial charge in [-0.25, -0.2) is 4.98 Å². The van der Waals surface area contributed by atoms with Crippen LogP contribution in [0.5, 0.6) is 0 Å². The van der Waals surface area contributed by atoms with Crippen molar-refractivity contribution in [2.45, 2.75) is 37.9 Å². The average Bonchev–Trinajstić information content (AvgIpc) is 2.91. The topological polar surface area (TPSA) is 65.9 Å². The minimum atomic E-state index is -5.06. The summed E-state index contributed by atoms with van der Waals surface area (Å²) in [6, 6.07) is 9.54. The molecule has 0 radical (unpaired) electrons. The molecule has 0 spiro atoms. The molecule has 0 bridgehead atoms. The van der Waals surface area contributed by atoms with Crippen molar-refractivity contribution in [1.82, 2.24) is 4.98 Å². The van der Waals surface area contributed by atoms with E-state index in [4.69, 9.17) is 16.3 Å². The molecule has 1 N–H and O–H groups in total. The Morgan fingerprint density at radius 3 is 2.15 bits per heavy atom. The second-order valence-electron chi connectivity index (χ2n) is 10.1. The largest absolute Gasteiger partial charge is 0.416 e. The number of β-amino-alcohol motifs (C(OH)–C–C–N with tert-alkyl or cyclic N) is 1. The molecule has 220 valence electrons. The fraction of sp³-hybridized carbons (Fsp3) is 0.357. The van der Waals surface area contributed by atoms with E-state index in [0.717, 1.165) is 4.90 Å². The summed E-state index contributed by atoms with van der Waals surface area (Å²) in [7, 11) is 1.36. The molecule has 1 unspecified atom stereocenters. The zero-order valence-corrected chi connectivity index (χ0v) is 22.9. The Morgan fingerprint density at radius 1 is 1.00 bits per heavy atom. The first-order chi connectivity index (χ1) is 19.0. The van der Waals surface area contributed by atoms with Crippen LogP contribution in [0.15, 0.2) is 54.7 Å². The summed E-state index contributed by atoms with van der Waals surface area (Å²) < 4.78 is 86.4. The molecular weight excluding hydrogens is 576 g/mol. The number of likely N-dealkylation sites (N-methyl/N-ethyl adjacent to an activating group) is 1. The van der Waals surface area contributed by atoms with Crippen molar-refractivity contribution in [3.8, 4) is 11.1 Å². The highest BCUT2D eigenvalue weighted by atomic mass is 35.5. The summed E-state index contributed by atoms with van der Waals surface area (Å²) >= 11 is 6.47. The van der Waals surface area contributed by atoms with Gasteiger partial charge in [0.25, 0.3) is 0 Å². The van der Waals surface area contributed by atoms with Crippen molar-refractivity contribution in [3.63, 3.8) is 0 Å². The number of pyridine rings is 1. The molecule has 1 aromatic heterocycles. The van der Waals surface area contributed by atoms with E-state index in [2.05, 4.69) is 4.98 Å². The van der Waals surface area contributed by atoms with Crippen molar-refractivity contribution in [1.29, 1.82) is 0 Å². The van der Waals surface area contributed by atoms with Gasteiger partial charge in [-0.2, -0.15) is 26.3 Å². The highest BCUT2D eigenvalue weighted by molar-refractivity contribution is 6.33. The maximum atomic E-state index is 13.8. The van der Waals surface area contributed by atoms with Gasteiger partial charge in [-0.15, -0.1) is 0 Å². The van der Waals surface area contributed by atoms with E-state index in [0.29, 0.717) is 40.6 Å². The number of aliphatic hydroxyl groups excluding tert-OH is 1. The van der Waals surface area contributed by atoms with Crippen molar-refractivity contribution in [2.24, 2.45) is 0 Å². The van der Waals surface area contributed by atoms with Crippen LogP contribution in [-0.2, 0) is 27.3 Å². The van der Waals surface area contributed by atoms with Crippen LogP contribution in [0.1, 0.15) is 30.5 Å². The molecule has 0 saturated carbocycles. The van der Waals surface area contributed by atoms with Crippen LogP contribution >= 0.6 is 11.6 Å². The minimum absolute atomic E-state index is 0.0223. The zero-order chi connectivity index (χ0) is 30.3. The van der Waals surface area contributed by atoms with Crippen LogP contribution in [-0.4, -0.2) is 49.0 Å². The Hall–Kier alpha value is -3.35. The maximum absolute atomic E-state index is 13.8. The average molecular weight is 602 g/mol. The summed E-state index contributed by atoms with van der Waals surface area (Å²) in [6.07, 6.45) is -9.79. The lowest BCUT2D eigenvalue weighted by molar-refractivity contribution is -0.143. The van der Waals surface area contributed by atoms with Gasteiger partial charge < -0.3 is 19.6 Å². The lowest BCUT2D eigenvalue weighted by Crippen LogP contribution is -2.43. The number of anilines is 2. The summed E-state index contributed by atoms with van der Waals surface area (Å²) in [5, 5.41) is 10.3. The normalized spacial score (nSPS) is 16.6. The molecule has 1 amide bonds. The first-order valence-corrected chi connectivity index (χ1v) is 12.8. The fourth-order valence-corrected chi connectivity index (χ4v) is 4.82. The molecule has 2 aromatic carbocycles. The van der Waals surface area contributed by atoms with Crippen LogP contribution in [0, 0.1) is 0 Å². The molecular formula is C28H26ClF6N3O3. The molecule has 41 heavy (non-hydrogen) atoms. The Bertz CT molecular complexity index is 1410. The number of morpholine rings is 1. The minimum Gasteiger partial charge on any atom is -0.366 e. The number of carbonyl (C=O) groups is 1. The number of rotatable bonds is 5. The fourth-order valence-electron chi connectivity index (χ4n) is 4.58. The van der Waals surface area contributed by atoms with E-state index in [9.17, 15) is 36.2 Å².